The molecule has 0 amide bonds. The van der Waals surface area contributed by atoms with Gasteiger partial charge in [-0.3, -0.25) is 9.59 Å². The van der Waals surface area contributed by atoms with Crippen LogP contribution in [-0.2, 0) is 13.1 Å². The summed E-state index contributed by atoms with van der Waals surface area (Å²) in [5, 5.41) is 0. The average molecular weight is 461 g/mol. The maximum absolute atomic E-state index is 11.4. The lowest BCUT2D eigenvalue weighted by Crippen LogP contribution is -2.16. The summed E-state index contributed by atoms with van der Waals surface area (Å²) >= 11 is 0. The second-order valence-corrected chi connectivity index (χ2v) is 7.44. The van der Waals surface area contributed by atoms with Crippen LogP contribution in [0.1, 0.15) is 32.1 Å². The molecule has 2 heterocycles. The van der Waals surface area contributed by atoms with Crippen molar-refractivity contribution < 1.29 is 9.59 Å². The molecule has 0 saturated carbocycles. The number of nitrogen functional groups attached to an aromatic ring is 2. The number of hydrogen-bond acceptors (Lipinski definition) is 8. The van der Waals surface area contributed by atoms with E-state index in [1.807, 2.05) is 60.7 Å². The highest BCUT2D eigenvalue weighted by atomic mass is 16.1. The Morgan fingerprint density at radius 3 is 1.32 bits per heavy atom. The highest BCUT2D eigenvalue weighted by molar-refractivity contribution is 6.00. The number of ketones is 2. The Kier molecular flexibility index (Phi) is 8.27. The van der Waals surface area contributed by atoms with E-state index in [1.165, 1.54) is 0 Å². The van der Waals surface area contributed by atoms with Gasteiger partial charge in [0, 0.05) is 0 Å². The van der Waals surface area contributed by atoms with Crippen molar-refractivity contribution in [2.75, 3.05) is 24.6 Å². The van der Waals surface area contributed by atoms with Crippen LogP contribution in [-0.4, -0.2) is 43.8 Å². The number of nitrogens with two attached hydrogens (primary N) is 4. The van der Waals surface area contributed by atoms with Crippen molar-refractivity contribution >= 4 is 23.2 Å². The molecule has 4 rings (SSSR count). The molecule has 8 N–H and O–H groups in total. The van der Waals surface area contributed by atoms with Gasteiger partial charge in [-0.05, 0) is 11.1 Å². The van der Waals surface area contributed by atoms with E-state index < -0.39 is 0 Å². The van der Waals surface area contributed by atoms with Crippen LogP contribution in [0.25, 0.3) is 0 Å². The van der Waals surface area contributed by atoms with E-state index in [2.05, 4.69) is 9.97 Å². The molecule has 0 aliphatic rings. The number of aromatic nitrogens is 4. The van der Waals surface area contributed by atoms with E-state index in [1.54, 1.807) is 21.8 Å². The summed E-state index contributed by atoms with van der Waals surface area (Å²) in [7, 11) is 0. The van der Waals surface area contributed by atoms with E-state index in [-0.39, 0.29) is 36.0 Å². The van der Waals surface area contributed by atoms with Gasteiger partial charge in [0.25, 0.3) is 0 Å². The summed E-state index contributed by atoms with van der Waals surface area (Å²) in [4.78, 5) is 30.8. The van der Waals surface area contributed by atoms with E-state index in [4.69, 9.17) is 22.9 Å². The quantitative estimate of drug-likeness (QED) is 0.285. The molecule has 2 aromatic carbocycles. The van der Waals surface area contributed by atoms with Crippen molar-refractivity contribution in [2.45, 2.75) is 13.1 Å². The lowest BCUT2D eigenvalue weighted by molar-refractivity contribution is 0.0990. The fourth-order valence-electron chi connectivity index (χ4n) is 3.22. The number of carbonyl (C=O) groups excluding carboxylic acids is 2. The SMILES string of the molecule is NCC(=O)c1ncn(Cc2ccccc2)c1N.NCC(=O)c1ncn(Cc2ccccc2)c1N. The fraction of sp³-hybridized carbons (Fsp3) is 0.167. The number of rotatable bonds is 8. The minimum atomic E-state index is -0.241. The summed E-state index contributed by atoms with van der Waals surface area (Å²) in [5.74, 6) is 0.247. The van der Waals surface area contributed by atoms with E-state index in [0.29, 0.717) is 24.7 Å². The van der Waals surface area contributed by atoms with Crippen LogP contribution < -0.4 is 22.9 Å². The van der Waals surface area contributed by atoms with Crippen LogP contribution in [0.3, 0.4) is 0 Å². The zero-order valence-electron chi connectivity index (χ0n) is 18.7. The lowest BCUT2D eigenvalue weighted by atomic mass is 10.2. The molecule has 0 unspecified atom stereocenters. The molecule has 0 aliphatic heterocycles. The van der Waals surface area contributed by atoms with Gasteiger partial charge in [0.2, 0.25) is 0 Å². The predicted molar refractivity (Wildman–Crippen MR) is 131 cm³/mol. The number of anilines is 2. The number of hydrogen-bond donors (Lipinski definition) is 4. The molecular weight excluding hydrogens is 432 g/mol. The Morgan fingerprint density at radius 2 is 1.00 bits per heavy atom. The molecule has 0 spiro atoms. The third-order valence-corrected chi connectivity index (χ3v) is 5.05. The summed E-state index contributed by atoms with van der Waals surface area (Å²) < 4.78 is 3.47. The van der Waals surface area contributed by atoms with Gasteiger partial charge < -0.3 is 32.1 Å². The lowest BCUT2D eigenvalue weighted by Gasteiger charge is -2.05. The van der Waals surface area contributed by atoms with Crippen LogP contribution in [0.15, 0.2) is 73.3 Å². The molecule has 0 aliphatic carbocycles. The smallest absolute Gasteiger partial charge is 0.198 e. The fourth-order valence-corrected chi connectivity index (χ4v) is 3.22. The number of nitrogens with zero attached hydrogens (tertiary/aromatic N) is 4. The molecule has 10 nitrogen and oxygen atoms in total. The van der Waals surface area contributed by atoms with Gasteiger partial charge in [-0.15, -0.1) is 0 Å². The van der Waals surface area contributed by atoms with Gasteiger partial charge in [0.15, 0.2) is 11.6 Å². The normalized spacial score (nSPS) is 10.4. The molecule has 10 heteroatoms. The average Bonchev–Trinajstić information content (AvgIpc) is 3.42. The minimum Gasteiger partial charge on any atom is -0.383 e. The van der Waals surface area contributed by atoms with Crippen molar-refractivity contribution in [3.05, 3.63) is 95.8 Å². The molecule has 0 fully saturated rings. The molecular formula is C24H28N8O2. The highest BCUT2D eigenvalue weighted by Gasteiger charge is 2.15. The molecule has 0 radical (unpaired) electrons. The first-order chi connectivity index (χ1) is 16.4. The van der Waals surface area contributed by atoms with Crippen molar-refractivity contribution in [1.29, 1.82) is 0 Å². The van der Waals surface area contributed by atoms with E-state index in [0.717, 1.165) is 11.1 Å². The van der Waals surface area contributed by atoms with Crippen molar-refractivity contribution in [1.82, 2.24) is 19.1 Å². The van der Waals surface area contributed by atoms with Crippen molar-refractivity contribution in [2.24, 2.45) is 11.5 Å². The molecule has 0 saturated heterocycles. The number of Topliss-reactive ketones (excluding diaryl/α,β-unsaturated/α-hetero) is 2. The third kappa shape index (κ3) is 5.94. The standard InChI is InChI=1S/2C12H14N4O/c2*13-6-10(17)11-12(14)16(8-15-11)7-9-4-2-1-3-5-9/h2*1-5,8H,6-7,13-14H2. The Bertz CT molecular complexity index is 1130. The van der Waals surface area contributed by atoms with Crippen LogP contribution in [0, 0.1) is 0 Å². The zero-order valence-corrected chi connectivity index (χ0v) is 18.7. The molecule has 0 bridgehead atoms. The van der Waals surface area contributed by atoms with Gasteiger partial charge in [0.1, 0.15) is 23.0 Å². The largest absolute Gasteiger partial charge is 0.383 e. The molecule has 0 atom stereocenters. The summed E-state index contributed by atoms with van der Waals surface area (Å²) in [6.07, 6.45) is 3.12. The first-order valence-corrected chi connectivity index (χ1v) is 10.6. The van der Waals surface area contributed by atoms with E-state index >= 15 is 0 Å². The highest BCUT2D eigenvalue weighted by Crippen LogP contribution is 2.14. The van der Waals surface area contributed by atoms with E-state index in [9.17, 15) is 9.59 Å². The van der Waals surface area contributed by atoms with Crippen molar-refractivity contribution in [3.63, 3.8) is 0 Å². The number of carbonyl (C=O) groups is 2. The Hall–Kier alpha value is -4.28. The second kappa shape index (κ2) is 11.5. The van der Waals surface area contributed by atoms with Gasteiger partial charge in [0.05, 0.1) is 38.8 Å². The molecule has 2 aromatic heterocycles. The molecule has 4 aromatic rings. The first-order valence-electron chi connectivity index (χ1n) is 10.6. The first kappa shape index (κ1) is 24.4. The maximum Gasteiger partial charge on any atom is 0.198 e. The minimum absolute atomic E-state index is 0.0768. The van der Waals surface area contributed by atoms with Gasteiger partial charge in [-0.1, -0.05) is 60.7 Å². The molecule has 34 heavy (non-hydrogen) atoms. The van der Waals surface area contributed by atoms with Crippen LogP contribution in [0.2, 0.25) is 0 Å². The van der Waals surface area contributed by atoms with Gasteiger partial charge in [-0.2, -0.15) is 0 Å². The number of imidazole rings is 2. The zero-order chi connectivity index (χ0) is 24.5. The Balaban J connectivity index is 0.000000191. The van der Waals surface area contributed by atoms with Gasteiger partial charge in [-0.25, -0.2) is 9.97 Å². The van der Waals surface area contributed by atoms with Crippen molar-refractivity contribution in [3.8, 4) is 0 Å². The van der Waals surface area contributed by atoms with Gasteiger partial charge >= 0.3 is 0 Å². The topological polar surface area (TPSA) is 174 Å². The monoisotopic (exact) mass is 460 g/mol. The predicted octanol–water partition coefficient (Wildman–Crippen LogP) is 1.31. The van der Waals surface area contributed by atoms with Crippen LogP contribution in [0.5, 0.6) is 0 Å². The summed E-state index contributed by atoms with van der Waals surface area (Å²) in [6, 6.07) is 19.7. The summed E-state index contributed by atoms with van der Waals surface area (Å²) in [6.45, 7) is 1.04. The van der Waals surface area contributed by atoms with Crippen LogP contribution >= 0.6 is 0 Å². The molecule has 176 valence electrons. The third-order valence-electron chi connectivity index (χ3n) is 5.05. The Labute approximate surface area is 197 Å². The summed E-state index contributed by atoms with van der Waals surface area (Å²) in [5.41, 5.74) is 25.0. The Morgan fingerprint density at radius 1 is 0.647 bits per heavy atom. The number of benzene rings is 2. The maximum atomic E-state index is 11.4. The van der Waals surface area contributed by atoms with Crippen LogP contribution in [0.4, 0.5) is 11.6 Å². The second-order valence-electron chi connectivity index (χ2n) is 7.44.